The number of amides is 1. The zero-order valence-electron chi connectivity index (χ0n) is 12.5. The van der Waals surface area contributed by atoms with Gasteiger partial charge in [0, 0.05) is 5.69 Å². The number of rotatable bonds is 3. The van der Waals surface area contributed by atoms with E-state index in [0.29, 0.717) is 5.75 Å². The smallest absolute Gasteiger partial charge is 0.231 e. The van der Waals surface area contributed by atoms with Crippen molar-refractivity contribution in [1.29, 1.82) is 0 Å². The molecule has 0 saturated carbocycles. The number of nitrogens with zero attached hydrogens (tertiary/aromatic N) is 1. The van der Waals surface area contributed by atoms with Crippen LogP contribution >= 0.6 is 11.3 Å². The number of nitrogens with one attached hydrogen (secondary N) is 1. The molecule has 1 aliphatic rings. The molecule has 5 nitrogen and oxygen atoms in total. The summed E-state index contributed by atoms with van der Waals surface area (Å²) in [6.07, 6.45) is 0.288. The Kier molecular flexibility index (Phi) is 3.38. The van der Waals surface area contributed by atoms with Gasteiger partial charge in [-0.05, 0) is 42.8 Å². The lowest BCUT2D eigenvalue weighted by atomic mass is 10.1. The van der Waals surface area contributed by atoms with Crippen molar-refractivity contribution in [3.63, 3.8) is 0 Å². The second-order valence-corrected chi connectivity index (χ2v) is 6.56. The van der Waals surface area contributed by atoms with E-state index < -0.39 is 0 Å². The number of hydrogen-bond donors (Lipinski definition) is 1. The van der Waals surface area contributed by atoms with E-state index in [4.69, 9.17) is 9.47 Å². The summed E-state index contributed by atoms with van der Waals surface area (Å²) in [6, 6.07) is 11.3. The molecule has 1 N–H and O–H groups in total. The summed E-state index contributed by atoms with van der Waals surface area (Å²) in [5.74, 6) is 1.35. The first kappa shape index (κ1) is 14.0. The van der Waals surface area contributed by atoms with E-state index in [1.807, 2.05) is 43.3 Å². The molecule has 1 amide bonds. The Morgan fingerprint density at radius 2 is 2.09 bits per heavy atom. The van der Waals surface area contributed by atoms with Crippen LogP contribution in [0.3, 0.4) is 0 Å². The van der Waals surface area contributed by atoms with Gasteiger partial charge in [0.05, 0.1) is 21.6 Å². The lowest BCUT2D eigenvalue weighted by Crippen LogP contribution is -2.14. The first-order valence-corrected chi connectivity index (χ1v) is 8.04. The number of anilines is 1. The van der Waals surface area contributed by atoms with E-state index in [1.54, 1.807) is 11.3 Å². The maximum atomic E-state index is 12.2. The highest BCUT2D eigenvalue weighted by molar-refractivity contribution is 7.18. The molecule has 0 unspecified atom stereocenters. The van der Waals surface area contributed by atoms with Crippen LogP contribution < -0.4 is 14.8 Å². The number of fused-ring (bicyclic) bond motifs is 2. The molecule has 0 bridgehead atoms. The highest BCUT2D eigenvalue weighted by atomic mass is 32.1. The largest absolute Gasteiger partial charge is 0.454 e. The predicted molar refractivity (Wildman–Crippen MR) is 89.3 cm³/mol. The molecule has 6 heteroatoms. The molecule has 0 fully saturated rings. The van der Waals surface area contributed by atoms with Crippen LogP contribution in [0.15, 0.2) is 36.4 Å². The molecule has 23 heavy (non-hydrogen) atoms. The van der Waals surface area contributed by atoms with Gasteiger partial charge < -0.3 is 14.8 Å². The first-order valence-electron chi connectivity index (χ1n) is 7.23. The van der Waals surface area contributed by atoms with Crippen LogP contribution in [0.1, 0.15) is 10.6 Å². The Balaban J connectivity index is 1.48. The quantitative estimate of drug-likeness (QED) is 0.800. The van der Waals surface area contributed by atoms with Gasteiger partial charge in [0.1, 0.15) is 0 Å². The van der Waals surface area contributed by atoms with Gasteiger partial charge in [-0.3, -0.25) is 4.79 Å². The molecule has 1 aliphatic heterocycles. The Morgan fingerprint density at radius 3 is 3.00 bits per heavy atom. The normalized spacial score (nSPS) is 12.6. The van der Waals surface area contributed by atoms with E-state index >= 15 is 0 Å². The molecule has 0 radical (unpaired) electrons. The Labute approximate surface area is 136 Å². The molecule has 3 aromatic rings. The standard InChI is InChI=1S/C17H14N2O3S/c1-10-18-13-4-3-12(8-16(13)23-10)19-17(20)7-11-2-5-14-15(6-11)22-9-21-14/h2-6,8H,7,9H2,1H3,(H,19,20). The molecule has 4 rings (SSSR count). The molecule has 0 spiro atoms. The van der Waals surface area contributed by atoms with Gasteiger partial charge >= 0.3 is 0 Å². The number of benzene rings is 2. The second kappa shape index (κ2) is 5.55. The molecule has 2 aromatic carbocycles. The predicted octanol–water partition coefficient (Wildman–Crippen LogP) is 3.51. The second-order valence-electron chi connectivity index (χ2n) is 5.33. The molecule has 0 saturated heterocycles. The van der Waals surface area contributed by atoms with Crippen LogP contribution in [0, 0.1) is 6.92 Å². The number of aromatic nitrogens is 1. The summed E-state index contributed by atoms with van der Waals surface area (Å²) in [4.78, 5) is 16.6. The van der Waals surface area contributed by atoms with Crippen molar-refractivity contribution in [3.8, 4) is 11.5 Å². The maximum Gasteiger partial charge on any atom is 0.231 e. The van der Waals surface area contributed by atoms with Gasteiger partial charge in [0.25, 0.3) is 0 Å². The molecular weight excluding hydrogens is 312 g/mol. The van der Waals surface area contributed by atoms with Crippen LogP contribution in [0.5, 0.6) is 11.5 Å². The first-order chi connectivity index (χ1) is 11.2. The Morgan fingerprint density at radius 1 is 1.22 bits per heavy atom. The molecular formula is C17H14N2O3S. The number of carbonyl (C=O) groups is 1. The van der Waals surface area contributed by atoms with Gasteiger partial charge in [-0.25, -0.2) is 4.98 Å². The van der Waals surface area contributed by atoms with Crippen LogP contribution in [0.25, 0.3) is 10.2 Å². The van der Waals surface area contributed by atoms with Crippen LogP contribution in [-0.2, 0) is 11.2 Å². The number of thiazole rings is 1. The molecule has 1 aromatic heterocycles. The topological polar surface area (TPSA) is 60.5 Å². The zero-order valence-corrected chi connectivity index (χ0v) is 13.3. The highest BCUT2D eigenvalue weighted by Gasteiger charge is 2.14. The van der Waals surface area contributed by atoms with E-state index in [-0.39, 0.29) is 19.1 Å². The van der Waals surface area contributed by atoms with E-state index in [9.17, 15) is 4.79 Å². The van der Waals surface area contributed by atoms with E-state index in [1.165, 1.54) is 0 Å². The lowest BCUT2D eigenvalue weighted by Gasteiger charge is -2.06. The van der Waals surface area contributed by atoms with Crippen molar-refractivity contribution in [2.45, 2.75) is 13.3 Å². The summed E-state index contributed by atoms with van der Waals surface area (Å²) in [7, 11) is 0. The summed E-state index contributed by atoms with van der Waals surface area (Å²) >= 11 is 1.62. The number of hydrogen-bond acceptors (Lipinski definition) is 5. The Hall–Kier alpha value is -2.60. The summed E-state index contributed by atoms with van der Waals surface area (Å²) < 4.78 is 11.7. The minimum atomic E-state index is -0.0653. The third-order valence-electron chi connectivity index (χ3n) is 3.58. The monoisotopic (exact) mass is 326 g/mol. The third-order valence-corrected chi connectivity index (χ3v) is 4.51. The fraction of sp³-hybridized carbons (Fsp3) is 0.176. The summed E-state index contributed by atoms with van der Waals surface area (Å²) in [5, 5.41) is 3.94. The van der Waals surface area contributed by atoms with Crippen molar-refractivity contribution < 1.29 is 14.3 Å². The van der Waals surface area contributed by atoms with Crippen molar-refractivity contribution in [3.05, 3.63) is 47.0 Å². The fourth-order valence-corrected chi connectivity index (χ4v) is 3.43. The van der Waals surface area contributed by atoms with Crippen molar-refractivity contribution in [1.82, 2.24) is 4.98 Å². The van der Waals surface area contributed by atoms with Crippen molar-refractivity contribution >= 4 is 33.1 Å². The van der Waals surface area contributed by atoms with Crippen molar-refractivity contribution in [2.24, 2.45) is 0 Å². The fourth-order valence-electron chi connectivity index (χ4n) is 2.56. The average Bonchev–Trinajstić information content (AvgIpc) is 3.11. The molecule has 2 heterocycles. The Bertz CT molecular complexity index is 904. The van der Waals surface area contributed by atoms with Crippen LogP contribution in [-0.4, -0.2) is 17.7 Å². The van der Waals surface area contributed by atoms with Crippen LogP contribution in [0.2, 0.25) is 0 Å². The number of ether oxygens (including phenoxy) is 2. The lowest BCUT2D eigenvalue weighted by molar-refractivity contribution is -0.115. The number of carbonyl (C=O) groups excluding carboxylic acids is 1. The molecule has 116 valence electrons. The van der Waals surface area contributed by atoms with Gasteiger partial charge in [0.2, 0.25) is 12.7 Å². The molecule has 0 aliphatic carbocycles. The maximum absolute atomic E-state index is 12.2. The minimum Gasteiger partial charge on any atom is -0.454 e. The van der Waals surface area contributed by atoms with Gasteiger partial charge in [-0.1, -0.05) is 6.07 Å². The third kappa shape index (κ3) is 2.85. The van der Waals surface area contributed by atoms with Gasteiger partial charge in [0.15, 0.2) is 11.5 Å². The summed E-state index contributed by atoms with van der Waals surface area (Å²) in [5.41, 5.74) is 2.63. The minimum absolute atomic E-state index is 0.0653. The average molecular weight is 326 g/mol. The molecule has 0 atom stereocenters. The van der Waals surface area contributed by atoms with Crippen LogP contribution in [0.4, 0.5) is 5.69 Å². The van der Waals surface area contributed by atoms with Crippen molar-refractivity contribution in [2.75, 3.05) is 12.1 Å². The SMILES string of the molecule is Cc1nc2ccc(NC(=O)Cc3ccc4c(c3)OCO4)cc2s1. The van der Waals surface area contributed by atoms with Gasteiger partial charge in [-0.2, -0.15) is 0 Å². The highest BCUT2D eigenvalue weighted by Crippen LogP contribution is 2.32. The van der Waals surface area contributed by atoms with E-state index in [2.05, 4.69) is 10.3 Å². The number of aryl methyl sites for hydroxylation is 1. The summed E-state index contributed by atoms with van der Waals surface area (Å²) in [6.45, 7) is 2.21. The zero-order chi connectivity index (χ0) is 15.8. The van der Waals surface area contributed by atoms with E-state index in [0.717, 1.165) is 32.2 Å². The van der Waals surface area contributed by atoms with Gasteiger partial charge in [-0.15, -0.1) is 11.3 Å².